The Labute approximate surface area is 173 Å². The molecule has 0 aliphatic carbocycles. The first-order valence-electron chi connectivity index (χ1n) is 9.07. The van der Waals surface area contributed by atoms with Crippen LogP contribution in [0.2, 0.25) is 0 Å². The van der Waals surface area contributed by atoms with Crippen molar-refractivity contribution in [1.29, 1.82) is 0 Å². The topological polar surface area (TPSA) is 70.6 Å². The van der Waals surface area contributed by atoms with Crippen LogP contribution in [0.4, 0.5) is 9.52 Å². The molecular formula is C20H22FN3O3S2. The van der Waals surface area contributed by atoms with E-state index >= 15 is 0 Å². The van der Waals surface area contributed by atoms with Gasteiger partial charge in [-0.1, -0.05) is 30.4 Å². The Morgan fingerprint density at radius 2 is 1.86 bits per heavy atom. The number of rotatable bonds is 7. The fourth-order valence-electron chi connectivity index (χ4n) is 2.80. The van der Waals surface area contributed by atoms with E-state index in [9.17, 15) is 17.6 Å². The zero-order valence-electron chi connectivity index (χ0n) is 16.4. The summed E-state index contributed by atoms with van der Waals surface area (Å²) in [5.74, 6) is -0.924. The number of nitrogens with zero attached hydrogens (tertiary/aromatic N) is 3. The number of aromatic nitrogens is 1. The molecule has 3 rings (SSSR count). The van der Waals surface area contributed by atoms with Crippen molar-refractivity contribution in [3.8, 4) is 0 Å². The van der Waals surface area contributed by atoms with Gasteiger partial charge >= 0.3 is 0 Å². The molecule has 2 aromatic carbocycles. The Kier molecular flexibility index (Phi) is 6.30. The van der Waals surface area contributed by atoms with Crippen molar-refractivity contribution in [1.82, 2.24) is 9.88 Å². The third-order valence-corrected chi connectivity index (χ3v) is 7.25. The van der Waals surface area contributed by atoms with Gasteiger partial charge in [0.1, 0.15) is 5.82 Å². The molecule has 0 bridgehead atoms. The molecule has 0 spiro atoms. The second kappa shape index (κ2) is 8.56. The Balaban J connectivity index is 2.09. The van der Waals surface area contributed by atoms with Gasteiger partial charge in [-0.15, -0.1) is 0 Å². The highest BCUT2D eigenvalue weighted by atomic mass is 32.2. The zero-order valence-corrected chi connectivity index (χ0v) is 18.1. The van der Waals surface area contributed by atoms with E-state index in [2.05, 4.69) is 4.98 Å². The van der Waals surface area contributed by atoms with Crippen LogP contribution in [-0.4, -0.2) is 57.1 Å². The predicted molar refractivity (Wildman–Crippen MR) is 114 cm³/mol. The first-order chi connectivity index (χ1) is 13.7. The summed E-state index contributed by atoms with van der Waals surface area (Å²) in [5.41, 5.74) is 0.696. The van der Waals surface area contributed by atoms with Crippen LogP contribution in [0.5, 0.6) is 0 Å². The van der Waals surface area contributed by atoms with Crippen molar-refractivity contribution in [2.75, 3.05) is 37.8 Å². The highest BCUT2D eigenvalue weighted by Gasteiger charge is 2.27. The van der Waals surface area contributed by atoms with Gasteiger partial charge in [-0.05, 0) is 44.4 Å². The molecule has 0 unspecified atom stereocenters. The quantitative estimate of drug-likeness (QED) is 0.569. The van der Waals surface area contributed by atoms with E-state index in [0.29, 0.717) is 28.4 Å². The molecule has 154 valence electrons. The molecule has 0 atom stereocenters. The lowest BCUT2D eigenvalue weighted by Gasteiger charge is -2.23. The molecule has 1 heterocycles. The number of likely N-dealkylation sites (N-methyl/N-ethyl adjacent to an activating group) is 1. The highest BCUT2D eigenvalue weighted by molar-refractivity contribution is 7.91. The summed E-state index contributed by atoms with van der Waals surface area (Å²) >= 11 is 1.20. The van der Waals surface area contributed by atoms with Gasteiger partial charge in [-0.3, -0.25) is 9.69 Å². The zero-order chi connectivity index (χ0) is 21.2. The van der Waals surface area contributed by atoms with Gasteiger partial charge in [0.2, 0.25) is 0 Å². The molecule has 0 aliphatic heterocycles. The molecule has 29 heavy (non-hydrogen) atoms. The SMILES string of the molecule is CCS(=O)(=O)c1ccccc1C(=O)N(CCN(C)C)c1nc2ccc(F)cc2s1. The van der Waals surface area contributed by atoms with Crippen LogP contribution < -0.4 is 4.90 Å². The number of carbonyl (C=O) groups is 1. The second-order valence-corrected chi connectivity index (χ2v) is 10.0. The average Bonchev–Trinajstić information content (AvgIpc) is 3.10. The molecule has 0 aliphatic rings. The lowest BCUT2D eigenvalue weighted by molar-refractivity contribution is 0.0982. The largest absolute Gasteiger partial charge is 0.308 e. The summed E-state index contributed by atoms with van der Waals surface area (Å²) in [5, 5.41) is 0.404. The number of amides is 1. The van der Waals surface area contributed by atoms with Crippen LogP contribution in [0.15, 0.2) is 47.4 Å². The standard InChI is InChI=1S/C20H22FN3O3S2/c1-4-29(26,27)18-8-6-5-7-15(18)19(25)24(12-11-23(2)3)20-22-16-10-9-14(21)13-17(16)28-20/h5-10,13H,4,11-12H2,1-3H3. The highest BCUT2D eigenvalue weighted by Crippen LogP contribution is 2.31. The normalized spacial score (nSPS) is 11.9. The summed E-state index contributed by atoms with van der Waals surface area (Å²) in [6.07, 6.45) is 0. The van der Waals surface area contributed by atoms with E-state index in [1.165, 1.54) is 40.5 Å². The van der Waals surface area contributed by atoms with Gasteiger partial charge in [-0.2, -0.15) is 0 Å². The number of halogens is 1. The molecule has 1 aromatic heterocycles. The third-order valence-electron chi connectivity index (χ3n) is 4.42. The maximum absolute atomic E-state index is 13.6. The number of thiazole rings is 1. The molecule has 0 N–H and O–H groups in total. The number of carbonyl (C=O) groups excluding carboxylic acids is 1. The van der Waals surface area contributed by atoms with Crippen molar-refractivity contribution in [2.24, 2.45) is 0 Å². The molecule has 3 aromatic rings. The van der Waals surface area contributed by atoms with Crippen molar-refractivity contribution >= 4 is 42.4 Å². The molecule has 0 saturated carbocycles. The molecule has 9 heteroatoms. The summed E-state index contributed by atoms with van der Waals surface area (Å²) in [6.45, 7) is 2.41. The van der Waals surface area contributed by atoms with E-state index in [1.54, 1.807) is 25.1 Å². The van der Waals surface area contributed by atoms with Crippen molar-refractivity contribution < 1.29 is 17.6 Å². The number of benzene rings is 2. The summed E-state index contributed by atoms with van der Waals surface area (Å²) < 4.78 is 39.2. The maximum atomic E-state index is 13.6. The van der Waals surface area contributed by atoms with E-state index in [4.69, 9.17) is 0 Å². The summed E-state index contributed by atoms with van der Waals surface area (Å²) in [6, 6.07) is 10.5. The minimum atomic E-state index is -3.58. The van der Waals surface area contributed by atoms with Crippen LogP contribution in [0.25, 0.3) is 10.2 Å². The Morgan fingerprint density at radius 1 is 1.14 bits per heavy atom. The van der Waals surface area contributed by atoms with Crippen molar-refractivity contribution in [3.63, 3.8) is 0 Å². The fourth-order valence-corrected chi connectivity index (χ4v) is 4.90. The van der Waals surface area contributed by atoms with E-state index in [-0.39, 0.29) is 22.0 Å². The maximum Gasteiger partial charge on any atom is 0.261 e. The number of fused-ring (bicyclic) bond motifs is 1. The van der Waals surface area contributed by atoms with Gasteiger partial charge < -0.3 is 4.90 Å². The number of sulfone groups is 1. The van der Waals surface area contributed by atoms with Gasteiger partial charge in [0.15, 0.2) is 15.0 Å². The van der Waals surface area contributed by atoms with E-state index < -0.39 is 15.7 Å². The van der Waals surface area contributed by atoms with Crippen LogP contribution in [-0.2, 0) is 9.84 Å². The lowest BCUT2D eigenvalue weighted by Crippen LogP contribution is -2.37. The number of hydrogen-bond acceptors (Lipinski definition) is 6. The van der Waals surface area contributed by atoms with Gasteiger partial charge in [0, 0.05) is 13.1 Å². The minimum Gasteiger partial charge on any atom is -0.308 e. The first-order valence-corrected chi connectivity index (χ1v) is 11.5. The van der Waals surface area contributed by atoms with E-state index in [1.807, 2.05) is 19.0 Å². The predicted octanol–water partition coefficient (Wildman–Crippen LogP) is 3.44. The molecule has 0 fully saturated rings. The van der Waals surface area contributed by atoms with Gasteiger partial charge in [0.25, 0.3) is 5.91 Å². The summed E-state index contributed by atoms with van der Waals surface area (Å²) in [7, 11) is 0.186. The van der Waals surface area contributed by atoms with Gasteiger partial charge in [-0.25, -0.2) is 17.8 Å². The lowest BCUT2D eigenvalue weighted by atomic mass is 10.2. The molecule has 0 radical (unpaired) electrons. The number of anilines is 1. The van der Waals surface area contributed by atoms with Crippen LogP contribution >= 0.6 is 11.3 Å². The molecule has 0 saturated heterocycles. The first kappa shape index (κ1) is 21.4. The Bertz CT molecular complexity index is 1140. The average molecular weight is 436 g/mol. The molecule has 6 nitrogen and oxygen atoms in total. The van der Waals surface area contributed by atoms with Crippen molar-refractivity contribution in [3.05, 3.63) is 53.8 Å². The minimum absolute atomic E-state index is 0.00880. The summed E-state index contributed by atoms with van der Waals surface area (Å²) in [4.78, 5) is 21.3. The van der Waals surface area contributed by atoms with Crippen LogP contribution in [0, 0.1) is 5.82 Å². The van der Waals surface area contributed by atoms with Crippen molar-refractivity contribution in [2.45, 2.75) is 11.8 Å². The van der Waals surface area contributed by atoms with Gasteiger partial charge in [0.05, 0.1) is 26.4 Å². The fraction of sp³-hybridized carbons (Fsp3) is 0.300. The second-order valence-electron chi connectivity index (χ2n) is 6.77. The van der Waals surface area contributed by atoms with Crippen LogP contribution in [0.3, 0.4) is 0 Å². The third kappa shape index (κ3) is 4.63. The molecular weight excluding hydrogens is 413 g/mol. The van der Waals surface area contributed by atoms with Crippen LogP contribution in [0.1, 0.15) is 17.3 Å². The van der Waals surface area contributed by atoms with E-state index in [0.717, 1.165) is 0 Å². The Hall–Kier alpha value is -2.36. The molecule has 1 amide bonds. The monoisotopic (exact) mass is 435 g/mol. The smallest absolute Gasteiger partial charge is 0.261 e. The Morgan fingerprint density at radius 3 is 2.55 bits per heavy atom. The number of hydrogen-bond donors (Lipinski definition) is 0.